The quantitative estimate of drug-likeness (QED) is 0.889. The molecule has 5 nitrogen and oxygen atoms in total. The Balaban J connectivity index is 1.64. The van der Waals surface area contributed by atoms with E-state index in [1.165, 1.54) is 22.9 Å². The molecule has 1 aromatic carbocycles. The summed E-state index contributed by atoms with van der Waals surface area (Å²) in [6.07, 6.45) is 3.22. The third-order valence-electron chi connectivity index (χ3n) is 5.11. The molecule has 3 heterocycles. The molecule has 3 atom stereocenters. The Kier molecular flexibility index (Phi) is 3.92. The van der Waals surface area contributed by atoms with Gasteiger partial charge in [0.05, 0.1) is 17.8 Å². The molecule has 2 N–H and O–H groups in total. The van der Waals surface area contributed by atoms with Crippen molar-refractivity contribution in [3.05, 3.63) is 52.3 Å². The highest BCUT2D eigenvalue weighted by Crippen LogP contribution is 2.34. The summed E-state index contributed by atoms with van der Waals surface area (Å²) in [6.45, 7) is 0.0953. The number of rotatable bonds is 3. The standard InChI is InChI=1S/C18H19F2N3O2/c19-14-4-1-11(7-15(14)20)16-5-6-17(24)23(22-16)10-18(25)8-12-2-3-13(9-18)21-12/h1,4-7,12-13,21,25H,2-3,8-10H2/t12-,13+,18?. The lowest BCUT2D eigenvalue weighted by molar-refractivity contribution is -0.0249. The number of hydrogen-bond donors (Lipinski definition) is 2. The minimum absolute atomic E-state index is 0.0953. The number of benzene rings is 1. The van der Waals surface area contributed by atoms with Crippen LogP contribution >= 0.6 is 0 Å². The van der Waals surface area contributed by atoms with E-state index in [4.69, 9.17) is 0 Å². The first kappa shape index (κ1) is 16.4. The van der Waals surface area contributed by atoms with Crippen LogP contribution in [-0.4, -0.2) is 32.6 Å². The van der Waals surface area contributed by atoms with Gasteiger partial charge in [0.25, 0.3) is 5.56 Å². The number of nitrogens with zero attached hydrogens (tertiary/aromatic N) is 2. The molecule has 1 unspecified atom stereocenters. The Labute approximate surface area is 143 Å². The SMILES string of the molecule is O=c1ccc(-c2ccc(F)c(F)c2)nn1CC1(O)C[C@H]2CC[C@@H](C1)N2. The highest BCUT2D eigenvalue weighted by molar-refractivity contribution is 5.58. The summed E-state index contributed by atoms with van der Waals surface area (Å²) < 4.78 is 27.8. The summed E-state index contributed by atoms with van der Waals surface area (Å²) in [5, 5.41) is 18.6. The molecule has 0 spiro atoms. The van der Waals surface area contributed by atoms with Crippen LogP contribution < -0.4 is 10.9 Å². The highest BCUT2D eigenvalue weighted by atomic mass is 19.2. The van der Waals surface area contributed by atoms with Gasteiger partial charge in [-0.2, -0.15) is 5.10 Å². The topological polar surface area (TPSA) is 67.2 Å². The van der Waals surface area contributed by atoms with Crippen molar-refractivity contribution < 1.29 is 13.9 Å². The first-order chi connectivity index (χ1) is 11.9. The van der Waals surface area contributed by atoms with Crippen LogP contribution in [0.2, 0.25) is 0 Å². The van der Waals surface area contributed by atoms with Gasteiger partial charge in [0.15, 0.2) is 11.6 Å². The van der Waals surface area contributed by atoms with E-state index in [2.05, 4.69) is 10.4 Å². The summed E-state index contributed by atoms with van der Waals surface area (Å²) in [4.78, 5) is 12.2. The molecule has 0 aliphatic carbocycles. The molecule has 25 heavy (non-hydrogen) atoms. The smallest absolute Gasteiger partial charge is 0.266 e. The monoisotopic (exact) mass is 347 g/mol. The van der Waals surface area contributed by atoms with E-state index in [0.717, 1.165) is 25.0 Å². The van der Waals surface area contributed by atoms with Crippen LogP contribution in [-0.2, 0) is 6.54 Å². The first-order valence-corrected chi connectivity index (χ1v) is 8.44. The lowest BCUT2D eigenvalue weighted by Crippen LogP contribution is -2.51. The van der Waals surface area contributed by atoms with Crippen molar-refractivity contribution in [1.29, 1.82) is 0 Å². The Morgan fingerprint density at radius 1 is 1.16 bits per heavy atom. The molecular formula is C18H19F2N3O2. The summed E-state index contributed by atoms with van der Waals surface area (Å²) in [7, 11) is 0. The second kappa shape index (κ2) is 6.00. The second-order valence-electron chi connectivity index (χ2n) is 7.11. The minimum atomic E-state index is -0.986. The lowest BCUT2D eigenvalue weighted by Gasteiger charge is -2.37. The third kappa shape index (κ3) is 3.21. The van der Waals surface area contributed by atoms with Crippen LogP contribution in [0, 0.1) is 11.6 Å². The van der Waals surface area contributed by atoms with Gasteiger partial charge in [-0.15, -0.1) is 0 Å². The molecule has 0 amide bonds. The van der Waals surface area contributed by atoms with E-state index >= 15 is 0 Å². The van der Waals surface area contributed by atoms with Gasteiger partial charge in [-0.05, 0) is 49.9 Å². The van der Waals surface area contributed by atoms with Crippen LogP contribution in [0.4, 0.5) is 8.78 Å². The average molecular weight is 347 g/mol. The summed E-state index contributed by atoms with van der Waals surface area (Å²) >= 11 is 0. The van der Waals surface area contributed by atoms with Crippen LogP contribution in [0.25, 0.3) is 11.3 Å². The molecule has 2 aliphatic heterocycles. The van der Waals surface area contributed by atoms with Crippen molar-refractivity contribution in [1.82, 2.24) is 15.1 Å². The molecule has 0 radical (unpaired) electrons. The Hall–Kier alpha value is -2.12. The summed E-state index contributed by atoms with van der Waals surface area (Å²) in [5.41, 5.74) is -0.574. The largest absolute Gasteiger partial charge is 0.388 e. The van der Waals surface area contributed by atoms with Crippen molar-refractivity contribution in [2.75, 3.05) is 0 Å². The fraction of sp³-hybridized carbons (Fsp3) is 0.444. The molecular weight excluding hydrogens is 328 g/mol. The fourth-order valence-electron chi connectivity index (χ4n) is 4.00. The first-order valence-electron chi connectivity index (χ1n) is 8.44. The molecule has 2 fully saturated rings. The zero-order chi connectivity index (χ0) is 17.6. The van der Waals surface area contributed by atoms with Gasteiger partial charge >= 0.3 is 0 Å². The maximum absolute atomic E-state index is 13.5. The Morgan fingerprint density at radius 3 is 2.56 bits per heavy atom. The Bertz CT molecular complexity index is 856. The van der Waals surface area contributed by atoms with E-state index in [1.54, 1.807) is 0 Å². The van der Waals surface area contributed by atoms with Gasteiger partial charge in [0, 0.05) is 23.7 Å². The molecule has 2 saturated heterocycles. The van der Waals surface area contributed by atoms with E-state index < -0.39 is 17.2 Å². The molecule has 2 aliphatic rings. The zero-order valence-corrected chi connectivity index (χ0v) is 13.6. The number of aromatic nitrogens is 2. The van der Waals surface area contributed by atoms with Gasteiger partial charge in [-0.3, -0.25) is 4.79 Å². The number of fused-ring (bicyclic) bond motifs is 2. The van der Waals surface area contributed by atoms with Crippen molar-refractivity contribution in [3.63, 3.8) is 0 Å². The molecule has 2 bridgehead atoms. The minimum Gasteiger partial charge on any atom is -0.388 e. The van der Waals surface area contributed by atoms with Gasteiger partial charge in [0.1, 0.15) is 0 Å². The van der Waals surface area contributed by atoms with Crippen LogP contribution in [0.15, 0.2) is 35.1 Å². The van der Waals surface area contributed by atoms with Crippen LogP contribution in [0.5, 0.6) is 0 Å². The average Bonchev–Trinajstić information content (AvgIpc) is 2.91. The van der Waals surface area contributed by atoms with Crippen LogP contribution in [0.3, 0.4) is 0 Å². The summed E-state index contributed by atoms with van der Waals surface area (Å²) in [5.74, 6) is -1.90. The van der Waals surface area contributed by atoms with E-state index in [9.17, 15) is 18.7 Å². The van der Waals surface area contributed by atoms with Crippen molar-refractivity contribution in [3.8, 4) is 11.3 Å². The van der Waals surface area contributed by atoms with Gasteiger partial charge in [0.2, 0.25) is 0 Å². The molecule has 4 rings (SSSR count). The van der Waals surface area contributed by atoms with Crippen molar-refractivity contribution >= 4 is 0 Å². The van der Waals surface area contributed by atoms with Gasteiger partial charge in [-0.25, -0.2) is 13.5 Å². The third-order valence-corrected chi connectivity index (χ3v) is 5.11. The number of nitrogens with one attached hydrogen (secondary N) is 1. The molecule has 7 heteroatoms. The molecule has 2 aromatic rings. The zero-order valence-electron chi connectivity index (χ0n) is 13.6. The van der Waals surface area contributed by atoms with E-state index in [1.807, 2.05) is 0 Å². The highest BCUT2D eigenvalue weighted by Gasteiger charge is 2.42. The van der Waals surface area contributed by atoms with E-state index in [0.29, 0.717) is 24.1 Å². The molecule has 132 valence electrons. The number of halogens is 2. The van der Waals surface area contributed by atoms with Crippen molar-refractivity contribution in [2.45, 2.75) is 49.9 Å². The predicted octanol–water partition coefficient (Wildman–Crippen LogP) is 1.83. The number of hydrogen-bond acceptors (Lipinski definition) is 4. The van der Waals surface area contributed by atoms with E-state index in [-0.39, 0.29) is 24.2 Å². The predicted molar refractivity (Wildman–Crippen MR) is 88.0 cm³/mol. The van der Waals surface area contributed by atoms with Gasteiger partial charge < -0.3 is 10.4 Å². The fourth-order valence-corrected chi connectivity index (χ4v) is 4.00. The number of aliphatic hydroxyl groups is 1. The van der Waals surface area contributed by atoms with Crippen molar-refractivity contribution in [2.24, 2.45) is 0 Å². The van der Waals surface area contributed by atoms with Gasteiger partial charge in [-0.1, -0.05) is 0 Å². The molecule has 0 saturated carbocycles. The Morgan fingerprint density at radius 2 is 1.88 bits per heavy atom. The second-order valence-corrected chi connectivity index (χ2v) is 7.11. The normalized spacial score (nSPS) is 28.3. The van der Waals surface area contributed by atoms with Crippen LogP contribution in [0.1, 0.15) is 25.7 Å². The lowest BCUT2D eigenvalue weighted by atomic mass is 9.87. The maximum Gasteiger partial charge on any atom is 0.266 e. The molecule has 1 aromatic heterocycles. The number of piperidine rings is 1. The maximum atomic E-state index is 13.5. The summed E-state index contributed by atoms with van der Waals surface area (Å²) in [6, 6.07) is 6.84.